The molecule has 0 saturated heterocycles. The summed E-state index contributed by atoms with van der Waals surface area (Å²) in [4.78, 5) is 13.7. The molecule has 0 aliphatic heterocycles. The average molecular weight is 292 g/mol. The highest BCUT2D eigenvalue weighted by molar-refractivity contribution is 7.99. The van der Waals surface area contributed by atoms with Gasteiger partial charge in [-0.1, -0.05) is 6.07 Å². The van der Waals surface area contributed by atoms with Crippen molar-refractivity contribution < 1.29 is 9.47 Å². The Morgan fingerprint density at radius 3 is 2.70 bits per heavy atom. The van der Waals surface area contributed by atoms with Crippen LogP contribution in [-0.4, -0.2) is 35.7 Å². The summed E-state index contributed by atoms with van der Waals surface area (Å²) in [6, 6.07) is 8.00. The fourth-order valence-electron chi connectivity index (χ4n) is 1.48. The summed E-state index contributed by atoms with van der Waals surface area (Å²) in [5.41, 5.74) is 0. The van der Waals surface area contributed by atoms with Crippen molar-refractivity contribution in [3.63, 3.8) is 0 Å². The lowest BCUT2D eigenvalue weighted by Crippen LogP contribution is -2.05. The van der Waals surface area contributed by atoms with Crippen molar-refractivity contribution in [2.45, 2.75) is 17.0 Å². The van der Waals surface area contributed by atoms with E-state index < -0.39 is 0 Å². The van der Waals surface area contributed by atoms with E-state index in [2.05, 4.69) is 20.3 Å². The third-order valence-electron chi connectivity index (χ3n) is 2.36. The lowest BCUT2D eigenvalue weighted by molar-refractivity contribution is 0.373. The molecule has 6 nitrogen and oxygen atoms in total. The third-order valence-corrected chi connectivity index (χ3v) is 3.22. The minimum absolute atomic E-state index is 0.293. The van der Waals surface area contributed by atoms with Gasteiger partial charge in [-0.3, -0.25) is 0 Å². The summed E-state index contributed by atoms with van der Waals surface area (Å²) in [5.74, 6) is 1.30. The van der Waals surface area contributed by atoms with E-state index in [9.17, 15) is 0 Å². The topological polar surface area (TPSA) is 69.2 Å². The molecule has 0 unspecified atom stereocenters. The van der Waals surface area contributed by atoms with Crippen LogP contribution in [0.3, 0.4) is 0 Å². The van der Waals surface area contributed by atoms with Crippen LogP contribution in [-0.2, 0) is 0 Å². The standard InChI is InChI=1S/C13H16N4O2S/c1-4-14-11-15-12(19-3)17-13(16-11)20-10-7-5-6-9(8-10)18-2/h5-8H,4H2,1-3H3,(H,14,15,16,17). The molecule has 0 spiro atoms. The molecule has 0 saturated carbocycles. The number of anilines is 1. The molecule has 1 heterocycles. The largest absolute Gasteiger partial charge is 0.497 e. The second-order valence-electron chi connectivity index (χ2n) is 3.74. The smallest absolute Gasteiger partial charge is 0.321 e. The maximum Gasteiger partial charge on any atom is 0.321 e. The van der Waals surface area contributed by atoms with Crippen LogP contribution in [0.15, 0.2) is 34.3 Å². The second kappa shape index (κ2) is 6.95. The number of rotatable bonds is 6. The molecule has 0 amide bonds. The first-order valence-electron chi connectivity index (χ1n) is 6.11. The van der Waals surface area contributed by atoms with Crippen molar-refractivity contribution in [3.8, 4) is 11.8 Å². The fourth-order valence-corrected chi connectivity index (χ4v) is 2.27. The zero-order valence-electron chi connectivity index (χ0n) is 11.6. The second-order valence-corrected chi connectivity index (χ2v) is 4.78. The zero-order chi connectivity index (χ0) is 14.4. The van der Waals surface area contributed by atoms with Crippen molar-refractivity contribution >= 4 is 17.7 Å². The summed E-state index contributed by atoms with van der Waals surface area (Å²) in [7, 11) is 3.17. The van der Waals surface area contributed by atoms with Crippen LogP contribution in [0.25, 0.3) is 0 Å². The van der Waals surface area contributed by atoms with Crippen LogP contribution >= 0.6 is 11.8 Å². The molecule has 2 rings (SSSR count). The Hall–Kier alpha value is -2.02. The number of benzene rings is 1. The molecule has 20 heavy (non-hydrogen) atoms. The third kappa shape index (κ3) is 3.74. The normalized spacial score (nSPS) is 10.2. The SMILES string of the molecule is CCNc1nc(OC)nc(Sc2cccc(OC)c2)n1. The average Bonchev–Trinajstić information content (AvgIpc) is 2.47. The van der Waals surface area contributed by atoms with E-state index >= 15 is 0 Å². The highest BCUT2D eigenvalue weighted by Crippen LogP contribution is 2.28. The fraction of sp³-hybridized carbons (Fsp3) is 0.308. The number of aromatic nitrogens is 3. The van der Waals surface area contributed by atoms with Gasteiger partial charge >= 0.3 is 6.01 Å². The van der Waals surface area contributed by atoms with Crippen molar-refractivity contribution in [3.05, 3.63) is 24.3 Å². The molecular formula is C13H16N4O2S. The van der Waals surface area contributed by atoms with Crippen LogP contribution in [0.5, 0.6) is 11.8 Å². The summed E-state index contributed by atoms with van der Waals surface area (Å²) >= 11 is 1.42. The van der Waals surface area contributed by atoms with E-state index in [-0.39, 0.29) is 0 Å². The van der Waals surface area contributed by atoms with Gasteiger partial charge in [0.05, 0.1) is 14.2 Å². The molecule has 1 aromatic heterocycles. The predicted octanol–water partition coefficient (Wildman–Crippen LogP) is 2.47. The highest BCUT2D eigenvalue weighted by atomic mass is 32.2. The van der Waals surface area contributed by atoms with E-state index in [1.165, 1.54) is 18.9 Å². The van der Waals surface area contributed by atoms with Crippen LogP contribution in [0.1, 0.15) is 6.92 Å². The van der Waals surface area contributed by atoms with Crippen LogP contribution in [0.2, 0.25) is 0 Å². The van der Waals surface area contributed by atoms with Gasteiger partial charge in [0.1, 0.15) is 5.75 Å². The number of hydrogen-bond acceptors (Lipinski definition) is 7. The quantitative estimate of drug-likeness (QED) is 0.877. The Labute approximate surface area is 122 Å². The summed E-state index contributed by atoms with van der Waals surface area (Å²) in [6.45, 7) is 2.71. The van der Waals surface area contributed by atoms with Gasteiger partial charge in [-0.15, -0.1) is 0 Å². The highest BCUT2D eigenvalue weighted by Gasteiger charge is 2.08. The number of hydrogen-bond donors (Lipinski definition) is 1. The predicted molar refractivity (Wildman–Crippen MR) is 77.7 cm³/mol. The molecular weight excluding hydrogens is 276 g/mol. The van der Waals surface area contributed by atoms with E-state index in [0.29, 0.717) is 17.1 Å². The van der Waals surface area contributed by atoms with Crippen LogP contribution in [0.4, 0.5) is 5.95 Å². The van der Waals surface area contributed by atoms with Crippen LogP contribution in [0, 0.1) is 0 Å². The Bertz CT molecular complexity index is 580. The minimum Gasteiger partial charge on any atom is -0.497 e. The zero-order valence-corrected chi connectivity index (χ0v) is 12.4. The molecule has 0 radical (unpaired) electrons. The molecule has 0 aliphatic rings. The number of methoxy groups -OCH3 is 2. The van der Waals surface area contributed by atoms with Crippen molar-refractivity contribution in [1.82, 2.24) is 15.0 Å². The van der Waals surface area contributed by atoms with Gasteiger partial charge in [0.2, 0.25) is 11.1 Å². The molecule has 0 aliphatic carbocycles. The molecule has 1 aromatic carbocycles. The Kier molecular flexibility index (Phi) is 5.00. The molecule has 0 atom stereocenters. The molecule has 1 N–H and O–H groups in total. The Morgan fingerprint density at radius 1 is 1.15 bits per heavy atom. The van der Waals surface area contributed by atoms with Gasteiger partial charge in [0, 0.05) is 11.4 Å². The van der Waals surface area contributed by atoms with E-state index in [0.717, 1.165) is 17.2 Å². The number of nitrogens with zero attached hydrogens (tertiary/aromatic N) is 3. The molecule has 2 aromatic rings. The summed E-state index contributed by atoms with van der Waals surface area (Å²) in [5, 5.41) is 3.62. The maximum absolute atomic E-state index is 5.20. The first-order valence-corrected chi connectivity index (χ1v) is 6.92. The van der Waals surface area contributed by atoms with Gasteiger partial charge in [0.15, 0.2) is 0 Å². The van der Waals surface area contributed by atoms with Gasteiger partial charge in [-0.2, -0.15) is 15.0 Å². The van der Waals surface area contributed by atoms with Gasteiger partial charge in [0.25, 0.3) is 0 Å². The summed E-state index contributed by atoms with van der Waals surface area (Å²) in [6.07, 6.45) is 0. The van der Waals surface area contributed by atoms with Crippen LogP contribution < -0.4 is 14.8 Å². The van der Waals surface area contributed by atoms with Crippen molar-refractivity contribution in [2.24, 2.45) is 0 Å². The lowest BCUT2D eigenvalue weighted by atomic mass is 10.3. The minimum atomic E-state index is 0.293. The van der Waals surface area contributed by atoms with Gasteiger partial charge < -0.3 is 14.8 Å². The molecule has 0 fully saturated rings. The summed E-state index contributed by atoms with van der Waals surface area (Å²) < 4.78 is 10.3. The van der Waals surface area contributed by atoms with E-state index in [1.807, 2.05) is 31.2 Å². The monoisotopic (exact) mass is 292 g/mol. The van der Waals surface area contributed by atoms with Gasteiger partial charge in [-0.25, -0.2) is 0 Å². The lowest BCUT2D eigenvalue weighted by Gasteiger charge is -2.07. The molecule has 7 heteroatoms. The molecule has 0 bridgehead atoms. The first kappa shape index (κ1) is 14.4. The maximum atomic E-state index is 5.20. The Morgan fingerprint density at radius 2 is 2.00 bits per heavy atom. The Balaban J connectivity index is 2.24. The van der Waals surface area contributed by atoms with E-state index in [1.54, 1.807) is 7.11 Å². The first-order chi connectivity index (χ1) is 9.75. The molecule has 106 valence electrons. The van der Waals surface area contributed by atoms with Crippen molar-refractivity contribution in [2.75, 3.05) is 26.1 Å². The van der Waals surface area contributed by atoms with Crippen molar-refractivity contribution in [1.29, 1.82) is 0 Å². The van der Waals surface area contributed by atoms with E-state index in [4.69, 9.17) is 9.47 Å². The number of nitrogens with one attached hydrogen (secondary N) is 1. The number of ether oxygens (including phenoxy) is 2. The van der Waals surface area contributed by atoms with Gasteiger partial charge in [-0.05, 0) is 36.9 Å².